The van der Waals surface area contributed by atoms with Crippen molar-refractivity contribution < 1.29 is 65.4 Å². The summed E-state index contributed by atoms with van der Waals surface area (Å²) in [5.41, 5.74) is 7.03. The molecular weight excluding hydrogens is 718 g/mol. The van der Waals surface area contributed by atoms with Gasteiger partial charge in [0.25, 0.3) is 0 Å². The molecule has 4 atom stereocenters. The first-order valence-electron chi connectivity index (χ1n) is 18.1. The van der Waals surface area contributed by atoms with Gasteiger partial charge in [-0.15, -0.1) is 0 Å². The molecule has 0 nitrogen and oxygen atoms in total. The maximum absolute atomic E-state index is 4.10. The van der Waals surface area contributed by atoms with Gasteiger partial charge < -0.3 is 13.8 Å². The molecule has 0 spiro atoms. The van der Waals surface area contributed by atoms with Crippen LogP contribution in [0.1, 0.15) is 162 Å². The van der Waals surface area contributed by atoms with E-state index in [0.29, 0.717) is 23.7 Å². The van der Waals surface area contributed by atoms with Crippen LogP contribution in [0.2, 0.25) is 0 Å². The Morgan fingerprint density at radius 2 is 1.13 bits per heavy atom. The first-order valence-corrected chi connectivity index (χ1v) is 18.1. The molecule has 0 amide bonds. The Morgan fingerprint density at radius 3 is 1.60 bits per heavy atom. The van der Waals surface area contributed by atoms with Crippen LogP contribution in [0.5, 0.6) is 0 Å². The van der Waals surface area contributed by atoms with E-state index in [4.69, 9.17) is 0 Å². The fourth-order valence-corrected chi connectivity index (χ4v) is 5.10. The third kappa shape index (κ3) is 19.4. The summed E-state index contributed by atoms with van der Waals surface area (Å²) >= 11 is 0. The first kappa shape index (κ1) is 55.7. The Balaban J connectivity index is -0.000000160. The monoisotopic (exact) mass is 788 g/mol. The van der Waals surface area contributed by atoms with Crippen molar-refractivity contribution >= 4 is 10.8 Å². The van der Waals surface area contributed by atoms with Crippen molar-refractivity contribution in [3.05, 3.63) is 133 Å². The van der Waals surface area contributed by atoms with Crippen molar-refractivity contribution in [3.8, 4) is 0 Å². The zero-order chi connectivity index (χ0) is 35.4. The van der Waals surface area contributed by atoms with Gasteiger partial charge in [0.2, 0.25) is 0 Å². The second-order valence-electron chi connectivity index (χ2n) is 9.56. The third-order valence-electron chi connectivity index (χ3n) is 6.84. The Hall–Kier alpha value is -0.652. The molecule has 0 saturated carbocycles. The van der Waals surface area contributed by atoms with Crippen molar-refractivity contribution in [1.29, 1.82) is 0 Å². The second-order valence-corrected chi connectivity index (χ2v) is 9.56. The standard InChI is InChI=1S/C13H12.C11H12.C9H10.6C2H6.2Y/c1-9-8-11-6-2-4-10-5-3-7-12(9)13(10)11;1-8-7-9(2)11-6-4-3-5-10(8)11;1-8(2)9-6-4-3-5-7-9;6*1-2;;/h2-7,9H,8H2,1H3;3-4,6,8-9H,1,7H2,2H3;3-6,8H,1H2,2H3;6*1-2H3;;/q;2*-2;;;;;;;;. The van der Waals surface area contributed by atoms with Crippen LogP contribution in [-0.4, -0.2) is 0 Å². The van der Waals surface area contributed by atoms with Crippen molar-refractivity contribution in [1.82, 2.24) is 0 Å². The average Bonchev–Trinajstić information content (AvgIpc) is 3.62. The van der Waals surface area contributed by atoms with E-state index in [1.54, 1.807) is 0 Å². The van der Waals surface area contributed by atoms with Crippen molar-refractivity contribution in [2.45, 2.75) is 140 Å². The number of fused-ring (bicyclic) bond motifs is 1. The van der Waals surface area contributed by atoms with Crippen LogP contribution in [0.15, 0.2) is 78.9 Å². The largest absolute Gasteiger partial charge is 0.338 e. The van der Waals surface area contributed by atoms with E-state index in [0.717, 1.165) is 0 Å². The summed E-state index contributed by atoms with van der Waals surface area (Å²) in [6.45, 7) is 38.6. The van der Waals surface area contributed by atoms with Crippen LogP contribution < -0.4 is 0 Å². The van der Waals surface area contributed by atoms with Gasteiger partial charge in [0.05, 0.1) is 0 Å². The van der Waals surface area contributed by atoms with Crippen LogP contribution >= 0.6 is 0 Å². The Morgan fingerprint density at radius 1 is 0.617 bits per heavy atom. The van der Waals surface area contributed by atoms with E-state index in [2.05, 4.69) is 95.3 Å². The Kier molecular flexibility index (Phi) is 43.4. The summed E-state index contributed by atoms with van der Waals surface area (Å²) in [5, 5.41) is 2.91. The SMILES string of the molecule is CC.CC.CC.CC.CC.CC.CC1Cc2cccc3cccc1c23.[CH2-]C(C)c1[c-]cccc1.[CH2-]C1CC(C)c2ccc[c-]c21.[Y].[Y]. The molecule has 0 bridgehead atoms. The van der Waals surface area contributed by atoms with E-state index >= 15 is 0 Å². The summed E-state index contributed by atoms with van der Waals surface area (Å²) in [6, 6.07) is 33.8. The topological polar surface area (TPSA) is 0 Å². The summed E-state index contributed by atoms with van der Waals surface area (Å²) < 4.78 is 0. The van der Waals surface area contributed by atoms with Crippen molar-refractivity contribution in [2.75, 3.05) is 0 Å². The molecule has 6 rings (SSSR count). The molecule has 0 aliphatic heterocycles. The molecule has 2 radical (unpaired) electrons. The van der Waals surface area contributed by atoms with Crippen LogP contribution in [0.3, 0.4) is 0 Å². The molecule has 0 heterocycles. The smallest absolute Gasteiger partial charge is 0 e. The summed E-state index contributed by atoms with van der Waals surface area (Å²) in [4.78, 5) is 0. The van der Waals surface area contributed by atoms with Gasteiger partial charge in [0.15, 0.2) is 0 Å². The molecule has 4 aromatic rings. The number of benzene rings is 4. The molecule has 2 aliphatic rings. The van der Waals surface area contributed by atoms with E-state index < -0.39 is 0 Å². The van der Waals surface area contributed by atoms with Crippen molar-refractivity contribution in [3.63, 3.8) is 0 Å². The Bertz CT molecular complexity index is 1160. The molecule has 47 heavy (non-hydrogen) atoms. The zero-order valence-electron chi connectivity index (χ0n) is 33.3. The fraction of sp³-hybridized carbons (Fsp3) is 0.467. The van der Waals surface area contributed by atoms with E-state index in [9.17, 15) is 0 Å². The normalized spacial score (nSPS) is 15.4. The van der Waals surface area contributed by atoms with Gasteiger partial charge in [-0.1, -0.05) is 153 Å². The number of hydrogen-bond acceptors (Lipinski definition) is 0. The molecule has 0 N–H and O–H groups in total. The molecule has 0 fully saturated rings. The maximum Gasteiger partial charge on any atom is 0 e. The molecule has 0 saturated heterocycles. The summed E-state index contributed by atoms with van der Waals surface area (Å²) in [5.74, 6) is 2.22. The van der Waals surface area contributed by atoms with E-state index in [1.165, 1.54) is 51.4 Å². The summed E-state index contributed by atoms with van der Waals surface area (Å²) in [6.07, 6.45) is 2.41. The van der Waals surface area contributed by atoms with Gasteiger partial charge in [-0.2, -0.15) is 83.1 Å². The number of hydrogen-bond donors (Lipinski definition) is 0. The molecule has 2 aliphatic carbocycles. The first-order chi connectivity index (χ1) is 22.0. The second kappa shape index (κ2) is 36.6. The van der Waals surface area contributed by atoms with Crippen LogP contribution in [0.4, 0.5) is 0 Å². The summed E-state index contributed by atoms with van der Waals surface area (Å²) in [7, 11) is 0. The minimum atomic E-state index is 0. The number of rotatable bonds is 1. The predicted octanol–water partition coefficient (Wildman–Crippen LogP) is 15.0. The van der Waals surface area contributed by atoms with Gasteiger partial charge in [0.1, 0.15) is 0 Å². The van der Waals surface area contributed by atoms with Gasteiger partial charge in [-0.3, -0.25) is 0 Å². The average molecular weight is 789 g/mol. The Labute approximate surface area is 345 Å². The van der Waals surface area contributed by atoms with E-state index in [-0.39, 0.29) is 65.4 Å². The fourth-order valence-electron chi connectivity index (χ4n) is 5.10. The minimum Gasteiger partial charge on any atom is -0.338 e. The molecule has 0 aromatic heterocycles. The third-order valence-corrected chi connectivity index (χ3v) is 6.84. The van der Waals surface area contributed by atoms with Gasteiger partial charge in [-0.25, -0.2) is 0 Å². The van der Waals surface area contributed by atoms with Gasteiger partial charge in [0, 0.05) is 65.4 Å². The molecule has 260 valence electrons. The molecule has 2 heteroatoms. The van der Waals surface area contributed by atoms with Gasteiger partial charge >= 0.3 is 0 Å². The predicted molar refractivity (Wildman–Crippen MR) is 210 cm³/mol. The quantitative estimate of drug-likeness (QED) is 0.169. The maximum atomic E-state index is 4.10. The van der Waals surface area contributed by atoms with Gasteiger partial charge in [-0.05, 0) is 34.2 Å². The minimum absolute atomic E-state index is 0. The zero-order valence-corrected chi connectivity index (χ0v) is 39.0. The van der Waals surface area contributed by atoms with Crippen LogP contribution in [0.25, 0.3) is 10.8 Å². The van der Waals surface area contributed by atoms with Crippen LogP contribution in [0, 0.1) is 26.0 Å². The van der Waals surface area contributed by atoms with Crippen molar-refractivity contribution in [2.24, 2.45) is 0 Å². The molecular formula is C45H70Y2-4. The van der Waals surface area contributed by atoms with Crippen LogP contribution in [-0.2, 0) is 71.8 Å². The molecule has 4 aromatic carbocycles. The molecule has 4 unspecified atom stereocenters. The van der Waals surface area contributed by atoms with E-state index in [1.807, 2.05) is 113 Å².